The number of nitrogens with one attached hydrogen (secondary N) is 2. The highest BCUT2D eigenvalue weighted by Gasteiger charge is 2.20. The number of hydrazone groups is 1. The molecule has 29 heavy (non-hydrogen) atoms. The predicted octanol–water partition coefficient (Wildman–Crippen LogP) is 4.17. The topological polar surface area (TPSA) is 113 Å². The Kier molecular flexibility index (Phi) is 4.81. The number of fused-ring (bicyclic) bond motifs is 1. The van der Waals surface area contributed by atoms with Gasteiger partial charge in [-0.05, 0) is 18.2 Å². The fourth-order valence-electron chi connectivity index (χ4n) is 2.81. The van der Waals surface area contributed by atoms with Crippen molar-refractivity contribution in [3.8, 4) is 0 Å². The van der Waals surface area contributed by atoms with Crippen LogP contribution in [0.2, 0.25) is 0 Å². The average Bonchev–Trinajstić information content (AvgIpc) is 3.18. The van der Waals surface area contributed by atoms with Crippen LogP contribution in [-0.4, -0.2) is 26.4 Å². The van der Waals surface area contributed by atoms with Crippen LogP contribution >= 0.6 is 0 Å². The minimum atomic E-state index is -0.496. The molecule has 8 heteroatoms. The molecule has 0 fully saturated rings. The number of nitro groups is 1. The highest BCUT2D eigenvalue weighted by atomic mass is 16.6. The number of H-pyrrole nitrogens is 1. The number of aromatic nitrogens is 2. The standard InChI is InChI=1S/C21H15N5O3/c27-20(14-7-2-1-3-8-14)19(21-22-17-11-4-5-12-18(17)23-21)25-24-15-9-6-10-16(13-15)26(28)29/h1-13,24H,(H,22,23)/b25-19+. The molecular formula is C21H15N5O3. The predicted molar refractivity (Wildman–Crippen MR) is 110 cm³/mol. The van der Waals surface area contributed by atoms with Gasteiger partial charge in [-0.1, -0.05) is 48.5 Å². The molecule has 0 saturated heterocycles. The number of carbonyl (C=O) groups is 1. The number of para-hydroxylation sites is 2. The number of hydrogen-bond acceptors (Lipinski definition) is 6. The highest BCUT2D eigenvalue weighted by Crippen LogP contribution is 2.18. The van der Waals surface area contributed by atoms with E-state index in [1.54, 1.807) is 30.3 Å². The molecule has 0 radical (unpaired) electrons. The van der Waals surface area contributed by atoms with E-state index in [0.717, 1.165) is 5.52 Å². The van der Waals surface area contributed by atoms with Gasteiger partial charge >= 0.3 is 0 Å². The normalized spacial score (nSPS) is 11.4. The van der Waals surface area contributed by atoms with Crippen LogP contribution in [0.25, 0.3) is 11.0 Å². The van der Waals surface area contributed by atoms with E-state index in [9.17, 15) is 14.9 Å². The summed E-state index contributed by atoms with van der Waals surface area (Å²) in [5, 5.41) is 15.2. The van der Waals surface area contributed by atoms with Gasteiger partial charge in [-0.3, -0.25) is 20.3 Å². The van der Waals surface area contributed by atoms with Crippen molar-refractivity contribution in [3.63, 3.8) is 0 Å². The molecule has 0 unspecified atom stereocenters. The maximum Gasteiger partial charge on any atom is 0.271 e. The first-order chi connectivity index (χ1) is 14.1. The number of Topliss-reactive ketones (excluding diaryl/α,β-unsaturated/α-hetero) is 1. The maximum absolute atomic E-state index is 13.1. The van der Waals surface area contributed by atoms with E-state index in [1.165, 1.54) is 18.2 Å². The lowest BCUT2D eigenvalue weighted by molar-refractivity contribution is -0.384. The molecule has 142 valence electrons. The van der Waals surface area contributed by atoms with E-state index in [0.29, 0.717) is 22.6 Å². The van der Waals surface area contributed by atoms with Crippen molar-refractivity contribution in [1.29, 1.82) is 0 Å². The van der Waals surface area contributed by atoms with Gasteiger partial charge in [-0.15, -0.1) is 0 Å². The summed E-state index contributed by atoms with van der Waals surface area (Å²) in [7, 11) is 0. The summed E-state index contributed by atoms with van der Waals surface area (Å²) < 4.78 is 0. The lowest BCUT2D eigenvalue weighted by Gasteiger charge is -2.05. The van der Waals surface area contributed by atoms with Gasteiger partial charge in [0.1, 0.15) is 0 Å². The lowest BCUT2D eigenvalue weighted by Crippen LogP contribution is -2.19. The number of anilines is 1. The summed E-state index contributed by atoms with van der Waals surface area (Å²) in [6.45, 7) is 0. The zero-order chi connectivity index (χ0) is 20.2. The van der Waals surface area contributed by atoms with Crippen LogP contribution in [0.15, 0.2) is 84.0 Å². The molecule has 0 bridgehead atoms. The zero-order valence-electron chi connectivity index (χ0n) is 15.1. The summed E-state index contributed by atoms with van der Waals surface area (Å²) in [4.78, 5) is 31.1. The summed E-state index contributed by atoms with van der Waals surface area (Å²) in [5.41, 5.74) is 5.03. The maximum atomic E-state index is 13.1. The molecular weight excluding hydrogens is 370 g/mol. The number of benzene rings is 3. The van der Waals surface area contributed by atoms with Crippen molar-refractivity contribution in [1.82, 2.24) is 9.97 Å². The molecule has 0 saturated carbocycles. The van der Waals surface area contributed by atoms with E-state index < -0.39 is 4.92 Å². The molecule has 2 N–H and O–H groups in total. The molecule has 0 amide bonds. The van der Waals surface area contributed by atoms with Gasteiger partial charge in [0, 0.05) is 17.7 Å². The van der Waals surface area contributed by atoms with Gasteiger partial charge in [0.2, 0.25) is 5.78 Å². The molecule has 0 aliphatic heterocycles. The number of imidazole rings is 1. The summed E-state index contributed by atoms with van der Waals surface area (Å²) in [5.74, 6) is -0.0272. The first-order valence-electron chi connectivity index (χ1n) is 8.75. The van der Waals surface area contributed by atoms with E-state index in [-0.39, 0.29) is 17.2 Å². The molecule has 1 heterocycles. The van der Waals surface area contributed by atoms with Gasteiger partial charge in [0.15, 0.2) is 11.5 Å². The van der Waals surface area contributed by atoms with Crippen molar-refractivity contribution in [3.05, 3.63) is 100 Å². The molecule has 0 spiro atoms. The van der Waals surface area contributed by atoms with Gasteiger partial charge in [-0.25, -0.2) is 4.98 Å². The Morgan fingerprint density at radius 1 is 1.00 bits per heavy atom. The van der Waals surface area contributed by atoms with Gasteiger partial charge in [-0.2, -0.15) is 5.10 Å². The number of ketones is 1. The number of aromatic amines is 1. The largest absolute Gasteiger partial charge is 0.336 e. The van der Waals surface area contributed by atoms with Crippen LogP contribution in [0.3, 0.4) is 0 Å². The molecule has 3 aromatic carbocycles. The number of rotatable bonds is 6. The Labute approximate surface area is 165 Å². The summed E-state index contributed by atoms with van der Waals surface area (Å²) in [6.07, 6.45) is 0. The molecule has 0 aliphatic rings. The van der Waals surface area contributed by atoms with E-state index in [4.69, 9.17) is 0 Å². The van der Waals surface area contributed by atoms with Crippen LogP contribution in [-0.2, 0) is 0 Å². The molecule has 0 aliphatic carbocycles. The third-order valence-corrected chi connectivity index (χ3v) is 4.22. The lowest BCUT2D eigenvalue weighted by atomic mass is 10.1. The first-order valence-corrected chi connectivity index (χ1v) is 8.75. The van der Waals surface area contributed by atoms with E-state index in [1.807, 2.05) is 30.3 Å². The second kappa shape index (κ2) is 7.73. The van der Waals surface area contributed by atoms with Gasteiger partial charge < -0.3 is 4.98 Å². The Hall–Kier alpha value is -4.33. The van der Waals surface area contributed by atoms with Gasteiger partial charge in [0.25, 0.3) is 5.69 Å². The van der Waals surface area contributed by atoms with Crippen molar-refractivity contribution in [2.24, 2.45) is 5.10 Å². The van der Waals surface area contributed by atoms with E-state index in [2.05, 4.69) is 20.5 Å². The summed E-state index contributed by atoms with van der Waals surface area (Å²) >= 11 is 0. The zero-order valence-corrected chi connectivity index (χ0v) is 15.1. The Morgan fingerprint density at radius 3 is 2.52 bits per heavy atom. The van der Waals surface area contributed by atoms with Gasteiger partial charge in [0.05, 0.1) is 21.6 Å². The van der Waals surface area contributed by atoms with Crippen LogP contribution in [0.4, 0.5) is 11.4 Å². The van der Waals surface area contributed by atoms with Crippen LogP contribution in [0, 0.1) is 10.1 Å². The number of carbonyl (C=O) groups excluding carboxylic acids is 1. The quantitative estimate of drug-likeness (QED) is 0.224. The van der Waals surface area contributed by atoms with Crippen molar-refractivity contribution < 1.29 is 9.72 Å². The molecule has 8 nitrogen and oxygen atoms in total. The van der Waals surface area contributed by atoms with Crippen LogP contribution in [0.1, 0.15) is 16.2 Å². The fraction of sp³-hybridized carbons (Fsp3) is 0. The smallest absolute Gasteiger partial charge is 0.271 e. The number of hydrogen-bond donors (Lipinski definition) is 2. The summed E-state index contributed by atoms with van der Waals surface area (Å²) in [6, 6.07) is 22.0. The first kappa shape index (κ1) is 18.1. The monoisotopic (exact) mass is 385 g/mol. The molecule has 1 aromatic heterocycles. The third kappa shape index (κ3) is 3.86. The van der Waals surface area contributed by atoms with Crippen LogP contribution < -0.4 is 5.43 Å². The Bertz CT molecular complexity index is 1200. The van der Waals surface area contributed by atoms with Crippen LogP contribution in [0.5, 0.6) is 0 Å². The second-order valence-corrected chi connectivity index (χ2v) is 6.18. The van der Waals surface area contributed by atoms with E-state index >= 15 is 0 Å². The fourth-order valence-corrected chi connectivity index (χ4v) is 2.81. The SMILES string of the molecule is O=C(/C(=N\Nc1cccc([N+](=O)[O-])c1)c1nc2ccccc2[nH]1)c1ccccc1. The van der Waals surface area contributed by atoms with Crippen molar-refractivity contribution >= 4 is 33.9 Å². The highest BCUT2D eigenvalue weighted by molar-refractivity contribution is 6.50. The number of nitro benzene ring substituents is 1. The Balaban J connectivity index is 1.75. The Morgan fingerprint density at radius 2 is 1.76 bits per heavy atom. The van der Waals surface area contributed by atoms with Crippen molar-refractivity contribution in [2.45, 2.75) is 0 Å². The average molecular weight is 385 g/mol. The van der Waals surface area contributed by atoms with Crippen molar-refractivity contribution in [2.75, 3.05) is 5.43 Å². The third-order valence-electron chi connectivity index (χ3n) is 4.22. The molecule has 4 rings (SSSR count). The molecule has 0 atom stereocenters. The number of nitrogens with zero attached hydrogens (tertiary/aromatic N) is 3. The minimum Gasteiger partial charge on any atom is -0.336 e. The number of non-ortho nitro benzene ring substituents is 1. The minimum absolute atomic E-state index is 0.0684. The molecule has 4 aromatic rings. The second-order valence-electron chi connectivity index (χ2n) is 6.18.